The number of methoxy groups -OCH3 is 1. The number of nitrogen functional groups attached to an aromatic ring is 1. The highest BCUT2D eigenvalue weighted by atomic mass is 32.1. The third-order valence-corrected chi connectivity index (χ3v) is 4.17. The zero-order chi connectivity index (χ0) is 13.2. The average Bonchev–Trinajstić information content (AvgIpc) is 3.07. The topological polar surface area (TPSA) is 73.9 Å². The molecule has 0 aliphatic carbocycles. The van der Waals surface area contributed by atoms with Crippen molar-refractivity contribution in [2.75, 3.05) is 12.8 Å². The van der Waals surface area contributed by atoms with Gasteiger partial charge in [0.25, 0.3) is 0 Å². The lowest BCUT2D eigenvalue weighted by molar-refractivity contribution is 0.415. The van der Waals surface area contributed by atoms with E-state index in [1.807, 2.05) is 29.6 Å². The van der Waals surface area contributed by atoms with Crippen LogP contribution in [0.5, 0.6) is 5.75 Å². The molecule has 2 heterocycles. The van der Waals surface area contributed by atoms with E-state index in [-0.39, 0.29) is 0 Å². The summed E-state index contributed by atoms with van der Waals surface area (Å²) >= 11 is 2.90. The zero-order valence-electron chi connectivity index (χ0n) is 10.0. The molecule has 2 N–H and O–H groups in total. The number of anilines is 1. The molecular formula is C12H10N4OS2. The number of rotatable bonds is 3. The predicted octanol–water partition coefficient (Wildman–Crippen LogP) is 2.92. The van der Waals surface area contributed by atoms with Crippen molar-refractivity contribution in [2.45, 2.75) is 0 Å². The second kappa shape index (κ2) is 4.94. The molecule has 0 radical (unpaired) electrons. The molecule has 0 bridgehead atoms. The maximum absolute atomic E-state index is 5.57. The number of hydrogen-bond acceptors (Lipinski definition) is 7. The van der Waals surface area contributed by atoms with Gasteiger partial charge in [-0.05, 0) is 24.3 Å². The third kappa shape index (κ3) is 2.42. The Morgan fingerprint density at radius 2 is 1.89 bits per heavy atom. The van der Waals surface area contributed by atoms with Gasteiger partial charge in [-0.2, -0.15) is 0 Å². The molecule has 0 aliphatic heterocycles. The largest absolute Gasteiger partial charge is 0.497 e. The Hall–Kier alpha value is -1.99. The number of hydrogen-bond donors (Lipinski definition) is 1. The molecule has 2 aromatic heterocycles. The monoisotopic (exact) mass is 290 g/mol. The Kier molecular flexibility index (Phi) is 3.14. The van der Waals surface area contributed by atoms with Gasteiger partial charge in [-0.25, -0.2) is 4.98 Å². The summed E-state index contributed by atoms with van der Waals surface area (Å²) in [7, 11) is 1.65. The van der Waals surface area contributed by atoms with Crippen molar-refractivity contribution in [3.63, 3.8) is 0 Å². The van der Waals surface area contributed by atoms with Crippen LogP contribution in [0.25, 0.3) is 21.3 Å². The molecule has 0 unspecified atom stereocenters. The van der Waals surface area contributed by atoms with Gasteiger partial charge in [0.2, 0.25) is 5.13 Å². The molecule has 0 aliphatic rings. The van der Waals surface area contributed by atoms with Crippen LogP contribution in [-0.4, -0.2) is 22.3 Å². The Bertz CT molecular complexity index is 690. The van der Waals surface area contributed by atoms with Crippen molar-refractivity contribution < 1.29 is 4.74 Å². The molecule has 0 amide bonds. The van der Waals surface area contributed by atoms with Crippen LogP contribution in [0.3, 0.4) is 0 Å². The van der Waals surface area contributed by atoms with E-state index in [1.54, 1.807) is 18.4 Å². The number of ether oxygens (including phenoxy) is 1. The molecule has 5 nitrogen and oxygen atoms in total. The van der Waals surface area contributed by atoms with Crippen LogP contribution in [0.15, 0.2) is 29.6 Å². The number of nitrogens with two attached hydrogens (primary N) is 1. The molecular weight excluding hydrogens is 280 g/mol. The molecule has 19 heavy (non-hydrogen) atoms. The molecule has 0 saturated carbocycles. The van der Waals surface area contributed by atoms with Gasteiger partial charge in [-0.15, -0.1) is 21.5 Å². The summed E-state index contributed by atoms with van der Waals surface area (Å²) in [5, 5.41) is 11.9. The van der Waals surface area contributed by atoms with Crippen LogP contribution < -0.4 is 10.5 Å². The van der Waals surface area contributed by atoms with Gasteiger partial charge in [-0.1, -0.05) is 11.3 Å². The standard InChI is InChI=1S/C12H10N4OS2/c1-17-8-4-2-7(3-5-8)10-14-9(6-18-10)11-15-16-12(13)19-11/h2-6H,1H3,(H2,13,16). The first-order valence-corrected chi connectivity index (χ1v) is 7.15. The number of nitrogens with zero attached hydrogens (tertiary/aromatic N) is 3. The van der Waals surface area contributed by atoms with Gasteiger partial charge in [0.15, 0.2) is 5.01 Å². The minimum Gasteiger partial charge on any atom is -0.497 e. The smallest absolute Gasteiger partial charge is 0.203 e. The first-order chi connectivity index (χ1) is 9.26. The fraction of sp³-hybridized carbons (Fsp3) is 0.0833. The van der Waals surface area contributed by atoms with Gasteiger partial charge in [0.05, 0.1) is 7.11 Å². The van der Waals surface area contributed by atoms with Gasteiger partial charge >= 0.3 is 0 Å². The van der Waals surface area contributed by atoms with Gasteiger partial charge in [0, 0.05) is 10.9 Å². The summed E-state index contributed by atoms with van der Waals surface area (Å²) in [4.78, 5) is 4.55. The van der Waals surface area contributed by atoms with E-state index in [1.165, 1.54) is 11.3 Å². The molecule has 96 valence electrons. The van der Waals surface area contributed by atoms with Crippen molar-refractivity contribution in [3.05, 3.63) is 29.6 Å². The number of benzene rings is 1. The van der Waals surface area contributed by atoms with E-state index in [0.29, 0.717) is 5.13 Å². The Morgan fingerprint density at radius 3 is 2.53 bits per heavy atom. The first kappa shape index (κ1) is 12.1. The van der Waals surface area contributed by atoms with E-state index in [4.69, 9.17) is 10.5 Å². The van der Waals surface area contributed by atoms with Crippen molar-refractivity contribution >= 4 is 27.8 Å². The highest BCUT2D eigenvalue weighted by Gasteiger charge is 2.10. The lowest BCUT2D eigenvalue weighted by atomic mass is 10.2. The quantitative estimate of drug-likeness (QED) is 0.802. The Balaban J connectivity index is 1.91. The average molecular weight is 290 g/mol. The van der Waals surface area contributed by atoms with E-state index in [9.17, 15) is 0 Å². The van der Waals surface area contributed by atoms with Gasteiger partial charge in [-0.3, -0.25) is 0 Å². The van der Waals surface area contributed by atoms with Crippen LogP contribution in [-0.2, 0) is 0 Å². The Labute approximate surface area is 117 Å². The van der Waals surface area contributed by atoms with E-state index >= 15 is 0 Å². The van der Waals surface area contributed by atoms with Crippen LogP contribution in [0.4, 0.5) is 5.13 Å². The lowest BCUT2D eigenvalue weighted by Crippen LogP contribution is -1.83. The predicted molar refractivity (Wildman–Crippen MR) is 77.4 cm³/mol. The normalized spacial score (nSPS) is 10.6. The van der Waals surface area contributed by atoms with Crippen molar-refractivity contribution in [2.24, 2.45) is 0 Å². The fourth-order valence-corrected chi connectivity index (χ4v) is 3.03. The molecule has 0 atom stereocenters. The molecule has 0 spiro atoms. The summed E-state index contributed by atoms with van der Waals surface area (Å²) in [5.74, 6) is 0.831. The molecule has 3 aromatic rings. The first-order valence-electron chi connectivity index (χ1n) is 5.45. The lowest BCUT2D eigenvalue weighted by Gasteiger charge is -1.99. The third-order valence-electron chi connectivity index (χ3n) is 2.50. The van der Waals surface area contributed by atoms with Crippen LogP contribution in [0.2, 0.25) is 0 Å². The molecule has 0 saturated heterocycles. The van der Waals surface area contributed by atoms with E-state index < -0.39 is 0 Å². The van der Waals surface area contributed by atoms with Crippen molar-refractivity contribution in [1.29, 1.82) is 0 Å². The summed E-state index contributed by atoms with van der Waals surface area (Å²) < 4.78 is 5.13. The van der Waals surface area contributed by atoms with Gasteiger partial charge < -0.3 is 10.5 Å². The summed E-state index contributed by atoms with van der Waals surface area (Å²) in [6, 6.07) is 7.80. The minimum atomic E-state index is 0.453. The molecule has 7 heteroatoms. The van der Waals surface area contributed by atoms with Crippen molar-refractivity contribution in [3.8, 4) is 27.0 Å². The van der Waals surface area contributed by atoms with E-state index in [0.717, 1.165) is 27.0 Å². The zero-order valence-corrected chi connectivity index (χ0v) is 11.7. The maximum atomic E-state index is 5.57. The molecule has 0 fully saturated rings. The fourth-order valence-electron chi connectivity index (χ4n) is 1.58. The number of aromatic nitrogens is 3. The van der Waals surface area contributed by atoms with Crippen LogP contribution >= 0.6 is 22.7 Å². The molecule has 3 rings (SSSR count). The van der Waals surface area contributed by atoms with Crippen LogP contribution in [0.1, 0.15) is 0 Å². The summed E-state index contributed by atoms with van der Waals surface area (Å²) in [5.41, 5.74) is 7.43. The van der Waals surface area contributed by atoms with Crippen molar-refractivity contribution in [1.82, 2.24) is 15.2 Å². The van der Waals surface area contributed by atoms with Gasteiger partial charge in [0.1, 0.15) is 16.5 Å². The summed E-state index contributed by atoms with van der Waals surface area (Å²) in [6.07, 6.45) is 0. The molecule has 1 aromatic carbocycles. The number of thiazole rings is 1. The second-order valence-electron chi connectivity index (χ2n) is 3.71. The van der Waals surface area contributed by atoms with E-state index in [2.05, 4.69) is 15.2 Å². The summed E-state index contributed by atoms with van der Waals surface area (Å²) in [6.45, 7) is 0. The Morgan fingerprint density at radius 1 is 1.11 bits per heavy atom. The SMILES string of the molecule is COc1ccc(-c2nc(-c3nnc(N)s3)cs2)cc1. The second-order valence-corrected chi connectivity index (χ2v) is 5.58. The highest BCUT2D eigenvalue weighted by molar-refractivity contribution is 7.19. The highest BCUT2D eigenvalue weighted by Crippen LogP contribution is 2.31. The minimum absolute atomic E-state index is 0.453. The van der Waals surface area contributed by atoms with Crippen LogP contribution in [0, 0.1) is 0 Å². The maximum Gasteiger partial charge on any atom is 0.203 e.